The summed E-state index contributed by atoms with van der Waals surface area (Å²) >= 11 is 0. The van der Waals surface area contributed by atoms with Crippen molar-refractivity contribution in [3.8, 4) is 0 Å². The largest absolute Gasteiger partial charge is 0.380 e. The first kappa shape index (κ1) is 11.9. The van der Waals surface area contributed by atoms with Crippen LogP contribution < -0.4 is 10.6 Å². The lowest BCUT2D eigenvalue weighted by Gasteiger charge is -2.40. The van der Waals surface area contributed by atoms with Crippen LogP contribution in [0.5, 0.6) is 0 Å². The van der Waals surface area contributed by atoms with Crippen LogP contribution in [0, 0.1) is 11.3 Å². The number of ether oxygens (including phenoxy) is 1. The molecule has 0 aromatic heterocycles. The van der Waals surface area contributed by atoms with E-state index < -0.39 is 0 Å². The van der Waals surface area contributed by atoms with E-state index in [4.69, 9.17) is 4.74 Å². The van der Waals surface area contributed by atoms with Gasteiger partial charge in [0.25, 0.3) is 0 Å². The van der Waals surface area contributed by atoms with Crippen molar-refractivity contribution in [1.29, 1.82) is 0 Å². The first-order valence-corrected chi connectivity index (χ1v) is 7.31. The number of rotatable bonds is 4. The van der Waals surface area contributed by atoms with E-state index >= 15 is 0 Å². The van der Waals surface area contributed by atoms with Gasteiger partial charge >= 0.3 is 0 Å². The summed E-state index contributed by atoms with van der Waals surface area (Å²) in [5, 5.41) is 7.52. The standard InChI is InChI=1S/C14H26N2O/c1-14(9-17-10-14)8-16-13-5-2-4-11(13)12-6-3-7-15-12/h11-13,15-16H,2-10H2,1H3. The highest BCUT2D eigenvalue weighted by molar-refractivity contribution is 4.94. The molecule has 0 aromatic rings. The summed E-state index contributed by atoms with van der Waals surface area (Å²) in [5.41, 5.74) is 0.413. The van der Waals surface area contributed by atoms with E-state index in [2.05, 4.69) is 17.6 Å². The second-order valence-corrected chi connectivity index (χ2v) is 6.59. The molecule has 3 fully saturated rings. The summed E-state index contributed by atoms with van der Waals surface area (Å²) in [6.45, 7) is 6.60. The van der Waals surface area contributed by atoms with Gasteiger partial charge in [-0.05, 0) is 38.1 Å². The third-order valence-electron chi connectivity index (χ3n) is 4.88. The maximum absolute atomic E-state index is 5.33. The molecule has 1 saturated carbocycles. The Labute approximate surface area is 105 Å². The van der Waals surface area contributed by atoms with Gasteiger partial charge in [0.05, 0.1) is 13.2 Å². The molecule has 3 aliphatic rings. The molecule has 3 unspecified atom stereocenters. The van der Waals surface area contributed by atoms with Crippen molar-refractivity contribution < 1.29 is 4.74 Å². The lowest BCUT2D eigenvalue weighted by atomic mass is 9.87. The number of hydrogen-bond acceptors (Lipinski definition) is 3. The fourth-order valence-corrected chi connectivity index (χ4v) is 3.73. The van der Waals surface area contributed by atoms with Crippen molar-refractivity contribution in [2.75, 3.05) is 26.3 Å². The zero-order chi connectivity index (χ0) is 11.7. The summed E-state index contributed by atoms with van der Waals surface area (Å²) in [6.07, 6.45) is 6.97. The minimum atomic E-state index is 0.413. The van der Waals surface area contributed by atoms with Gasteiger partial charge in [-0.1, -0.05) is 13.3 Å². The summed E-state index contributed by atoms with van der Waals surface area (Å²) in [7, 11) is 0. The Bertz CT molecular complexity index is 259. The Balaban J connectivity index is 1.50. The summed E-state index contributed by atoms with van der Waals surface area (Å²) in [4.78, 5) is 0. The smallest absolute Gasteiger partial charge is 0.0554 e. The van der Waals surface area contributed by atoms with E-state index in [1.54, 1.807) is 0 Å². The van der Waals surface area contributed by atoms with E-state index in [0.29, 0.717) is 5.41 Å². The van der Waals surface area contributed by atoms with Crippen molar-refractivity contribution in [2.24, 2.45) is 11.3 Å². The van der Waals surface area contributed by atoms with Crippen LogP contribution in [-0.2, 0) is 4.74 Å². The Hall–Kier alpha value is -0.120. The minimum Gasteiger partial charge on any atom is -0.380 e. The quantitative estimate of drug-likeness (QED) is 0.779. The molecule has 0 spiro atoms. The maximum Gasteiger partial charge on any atom is 0.0554 e. The van der Waals surface area contributed by atoms with Gasteiger partial charge in [-0.25, -0.2) is 0 Å². The highest BCUT2D eigenvalue weighted by atomic mass is 16.5. The van der Waals surface area contributed by atoms with Gasteiger partial charge < -0.3 is 15.4 Å². The maximum atomic E-state index is 5.33. The monoisotopic (exact) mass is 238 g/mol. The lowest BCUT2D eigenvalue weighted by molar-refractivity contribution is -0.100. The van der Waals surface area contributed by atoms with Crippen LogP contribution in [0.3, 0.4) is 0 Å². The van der Waals surface area contributed by atoms with Gasteiger partial charge in [-0.15, -0.1) is 0 Å². The molecule has 17 heavy (non-hydrogen) atoms. The fraction of sp³-hybridized carbons (Fsp3) is 1.00. The van der Waals surface area contributed by atoms with Gasteiger partial charge in [-0.3, -0.25) is 0 Å². The van der Waals surface area contributed by atoms with Gasteiger partial charge in [0, 0.05) is 24.0 Å². The average Bonchev–Trinajstić information content (AvgIpc) is 2.93. The predicted octanol–water partition coefficient (Wildman–Crippen LogP) is 1.53. The third-order valence-corrected chi connectivity index (χ3v) is 4.88. The van der Waals surface area contributed by atoms with E-state index in [-0.39, 0.29) is 0 Å². The lowest BCUT2D eigenvalue weighted by Crippen LogP contribution is -2.51. The zero-order valence-electron chi connectivity index (χ0n) is 11.0. The molecule has 98 valence electrons. The van der Waals surface area contributed by atoms with Gasteiger partial charge in [0.2, 0.25) is 0 Å². The van der Waals surface area contributed by atoms with Crippen LogP contribution in [0.1, 0.15) is 39.0 Å². The van der Waals surface area contributed by atoms with Crippen molar-refractivity contribution >= 4 is 0 Å². The van der Waals surface area contributed by atoms with E-state index in [1.807, 2.05) is 0 Å². The molecule has 2 aliphatic heterocycles. The molecule has 0 radical (unpaired) electrons. The topological polar surface area (TPSA) is 33.3 Å². The van der Waals surface area contributed by atoms with Crippen molar-refractivity contribution in [3.63, 3.8) is 0 Å². The van der Waals surface area contributed by atoms with Crippen LogP contribution in [0.2, 0.25) is 0 Å². The van der Waals surface area contributed by atoms with Crippen LogP contribution in [0.15, 0.2) is 0 Å². The Morgan fingerprint density at radius 3 is 2.76 bits per heavy atom. The average molecular weight is 238 g/mol. The van der Waals surface area contributed by atoms with Gasteiger partial charge in [-0.2, -0.15) is 0 Å². The number of nitrogens with one attached hydrogen (secondary N) is 2. The fourth-order valence-electron chi connectivity index (χ4n) is 3.73. The molecular formula is C14H26N2O. The summed E-state index contributed by atoms with van der Waals surface area (Å²) < 4.78 is 5.33. The van der Waals surface area contributed by atoms with E-state index in [9.17, 15) is 0 Å². The molecule has 0 amide bonds. The Kier molecular flexibility index (Phi) is 3.42. The van der Waals surface area contributed by atoms with Crippen LogP contribution >= 0.6 is 0 Å². The SMILES string of the molecule is CC1(CNC2CCCC2C2CCCN2)COC1. The van der Waals surface area contributed by atoms with E-state index in [0.717, 1.165) is 37.8 Å². The highest BCUT2D eigenvalue weighted by Gasteiger charge is 2.38. The summed E-state index contributed by atoms with van der Waals surface area (Å²) in [6, 6.07) is 1.54. The Morgan fingerprint density at radius 1 is 1.24 bits per heavy atom. The molecule has 1 aliphatic carbocycles. The van der Waals surface area contributed by atoms with Crippen LogP contribution in [0.4, 0.5) is 0 Å². The van der Waals surface area contributed by atoms with Crippen molar-refractivity contribution in [3.05, 3.63) is 0 Å². The second kappa shape index (κ2) is 4.87. The van der Waals surface area contributed by atoms with Crippen LogP contribution in [-0.4, -0.2) is 38.4 Å². The molecule has 3 nitrogen and oxygen atoms in total. The van der Waals surface area contributed by atoms with Gasteiger partial charge in [0.15, 0.2) is 0 Å². The Morgan fingerprint density at radius 2 is 2.12 bits per heavy atom. The second-order valence-electron chi connectivity index (χ2n) is 6.59. The van der Waals surface area contributed by atoms with E-state index in [1.165, 1.54) is 38.6 Å². The molecule has 3 rings (SSSR count). The number of hydrogen-bond donors (Lipinski definition) is 2. The third kappa shape index (κ3) is 2.51. The summed E-state index contributed by atoms with van der Waals surface area (Å²) in [5.74, 6) is 0.877. The molecular weight excluding hydrogens is 212 g/mol. The first-order valence-electron chi connectivity index (χ1n) is 7.31. The van der Waals surface area contributed by atoms with Crippen molar-refractivity contribution in [1.82, 2.24) is 10.6 Å². The molecule has 3 heteroatoms. The van der Waals surface area contributed by atoms with Crippen molar-refractivity contribution in [2.45, 2.75) is 51.1 Å². The molecule has 0 aromatic carbocycles. The normalized spacial score (nSPS) is 40.4. The minimum absolute atomic E-state index is 0.413. The zero-order valence-corrected chi connectivity index (χ0v) is 11.0. The van der Waals surface area contributed by atoms with Crippen LogP contribution in [0.25, 0.3) is 0 Å². The molecule has 2 heterocycles. The predicted molar refractivity (Wildman–Crippen MR) is 69.1 cm³/mol. The highest BCUT2D eigenvalue weighted by Crippen LogP contribution is 2.33. The molecule has 2 saturated heterocycles. The first-order chi connectivity index (χ1) is 8.27. The van der Waals surface area contributed by atoms with Gasteiger partial charge in [0.1, 0.15) is 0 Å². The molecule has 0 bridgehead atoms. The molecule has 3 atom stereocenters. The molecule has 2 N–H and O–H groups in total.